The molecule has 1 fully saturated rings. The molecule has 19 heavy (non-hydrogen) atoms. The van der Waals surface area contributed by atoms with Crippen molar-refractivity contribution in [1.29, 1.82) is 0 Å². The lowest BCUT2D eigenvalue weighted by atomic mass is 10.0. The molecule has 1 aliphatic rings. The topological polar surface area (TPSA) is 86.7 Å². The minimum Gasteiger partial charge on any atom is -0.396 e. The summed E-state index contributed by atoms with van der Waals surface area (Å²) < 4.78 is 24.6. The summed E-state index contributed by atoms with van der Waals surface area (Å²) in [6.07, 6.45) is 4.71. The Morgan fingerprint density at radius 1 is 1.47 bits per heavy atom. The van der Waals surface area contributed by atoms with Gasteiger partial charge in [0.2, 0.25) is 15.9 Å². The van der Waals surface area contributed by atoms with Crippen LogP contribution in [0.2, 0.25) is 0 Å². The van der Waals surface area contributed by atoms with Crippen molar-refractivity contribution in [3.63, 3.8) is 0 Å². The molecule has 0 aromatic rings. The molecule has 0 bridgehead atoms. The second kappa shape index (κ2) is 7.21. The molecule has 0 aliphatic carbocycles. The smallest absolute Gasteiger partial charge is 0.238 e. The zero-order valence-electron chi connectivity index (χ0n) is 11.6. The van der Waals surface area contributed by atoms with Crippen LogP contribution in [0.25, 0.3) is 0 Å². The van der Waals surface area contributed by atoms with Crippen LogP contribution in [0.1, 0.15) is 39.0 Å². The van der Waals surface area contributed by atoms with E-state index in [9.17, 15) is 13.2 Å². The first-order valence-electron chi connectivity index (χ1n) is 6.74. The molecule has 0 radical (unpaired) electrons. The lowest BCUT2D eigenvalue weighted by Gasteiger charge is -2.33. The van der Waals surface area contributed by atoms with E-state index in [2.05, 4.69) is 5.32 Å². The van der Waals surface area contributed by atoms with E-state index >= 15 is 0 Å². The molecule has 0 aromatic heterocycles. The van der Waals surface area contributed by atoms with Crippen molar-refractivity contribution >= 4 is 15.9 Å². The molecule has 1 rings (SSSR count). The highest BCUT2D eigenvalue weighted by molar-refractivity contribution is 7.88. The van der Waals surface area contributed by atoms with E-state index in [0.29, 0.717) is 25.8 Å². The largest absolute Gasteiger partial charge is 0.396 e. The number of carbonyl (C=O) groups is 1. The monoisotopic (exact) mass is 292 g/mol. The minimum absolute atomic E-state index is 0.0528. The second-order valence-electron chi connectivity index (χ2n) is 5.16. The highest BCUT2D eigenvalue weighted by Gasteiger charge is 2.34. The van der Waals surface area contributed by atoms with Crippen molar-refractivity contribution in [3.8, 4) is 0 Å². The predicted molar refractivity (Wildman–Crippen MR) is 73.1 cm³/mol. The molecule has 1 amide bonds. The highest BCUT2D eigenvalue weighted by Crippen LogP contribution is 2.20. The molecule has 2 atom stereocenters. The Bertz CT molecular complexity index is 397. The maximum atomic E-state index is 12.1. The molecule has 0 aromatic carbocycles. The summed E-state index contributed by atoms with van der Waals surface area (Å²) in [6.45, 7) is 2.38. The van der Waals surface area contributed by atoms with E-state index < -0.39 is 16.1 Å². The van der Waals surface area contributed by atoms with Crippen LogP contribution in [-0.4, -0.2) is 55.2 Å². The molecule has 1 saturated heterocycles. The number of piperidine rings is 1. The summed E-state index contributed by atoms with van der Waals surface area (Å²) in [6, 6.07) is -0.636. The Hall–Kier alpha value is -0.660. The fraction of sp³-hybridized carbons (Fsp3) is 0.917. The number of aliphatic hydroxyl groups excluding tert-OH is 1. The Balaban J connectivity index is 2.62. The van der Waals surface area contributed by atoms with Crippen LogP contribution in [-0.2, 0) is 14.8 Å². The number of hydrogen-bond donors (Lipinski definition) is 2. The van der Waals surface area contributed by atoms with E-state index in [1.807, 2.05) is 6.92 Å². The number of rotatable bonds is 6. The van der Waals surface area contributed by atoms with Crippen molar-refractivity contribution in [2.75, 3.05) is 19.4 Å². The van der Waals surface area contributed by atoms with Crippen LogP contribution in [0.3, 0.4) is 0 Å². The van der Waals surface area contributed by atoms with Crippen molar-refractivity contribution in [1.82, 2.24) is 9.62 Å². The standard InChI is InChI=1S/C12H24N2O4S/c1-10(6-5-9-15)13-12(16)11-7-3-4-8-14(11)19(2,17)18/h10-11,15H,3-9H2,1-2H3,(H,13,16). The summed E-state index contributed by atoms with van der Waals surface area (Å²) in [7, 11) is -3.34. The number of hydrogen-bond acceptors (Lipinski definition) is 4. The molecule has 7 heteroatoms. The molecule has 0 spiro atoms. The number of aliphatic hydroxyl groups is 1. The van der Waals surface area contributed by atoms with E-state index in [0.717, 1.165) is 19.1 Å². The summed E-state index contributed by atoms with van der Waals surface area (Å²) in [4.78, 5) is 12.1. The van der Waals surface area contributed by atoms with Gasteiger partial charge in [0.15, 0.2) is 0 Å². The summed E-state index contributed by atoms with van der Waals surface area (Å²) in [5, 5.41) is 11.6. The van der Waals surface area contributed by atoms with Gasteiger partial charge in [-0.1, -0.05) is 6.42 Å². The van der Waals surface area contributed by atoms with Crippen molar-refractivity contribution < 1.29 is 18.3 Å². The van der Waals surface area contributed by atoms with Crippen molar-refractivity contribution in [2.24, 2.45) is 0 Å². The van der Waals surface area contributed by atoms with Gasteiger partial charge in [-0.15, -0.1) is 0 Å². The van der Waals surface area contributed by atoms with Crippen LogP contribution >= 0.6 is 0 Å². The third-order valence-electron chi connectivity index (χ3n) is 3.37. The number of sulfonamides is 1. The first kappa shape index (κ1) is 16.4. The molecule has 6 nitrogen and oxygen atoms in total. The molecular weight excluding hydrogens is 268 g/mol. The normalized spacial score (nSPS) is 23.0. The Kier molecular flexibility index (Phi) is 6.22. The zero-order chi connectivity index (χ0) is 14.5. The fourth-order valence-electron chi connectivity index (χ4n) is 2.37. The van der Waals surface area contributed by atoms with Crippen LogP contribution in [0.15, 0.2) is 0 Å². The van der Waals surface area contributed by atoms with Crippen LogP contribution in [0.5, 0.6) is 0 Å². The van der Waals surface area contributed by atoms with E-state index in [1.54, 1.807) is 0 Å². The molecular formula is C12H24N2O4S. The number of nitrogens with one attached hydrogen (secondary N) is 1. The lowest BCUT2D eigenvalue weighted by molar-refractivity contribution is -0.126. The third-order valence-corrected chi connectivity index (χ3v) is 4.66. The van der Waals surface area contributed by atoms with Crippen LogP contribution in [0.4, 0.5) is 0 Å². The van der Waals surface area contributed by atoms with Gasteiger partial charge in [0.05, 0.1) is 6.26 Å². The molecule has 0 saturated carbocycles. The number of amides is 1. The maximum Gasteiger partial charge on any atom is 0.238 e. The van der Waals surface area contributed by atoms with Gasteiger partial charge in [-0.2, -0.15) is 4.31 Å². The SMILES string of the molecule is CC(CCCO)NC(=O)C1CCCCN1S(C)(=O)=O. The molecule has 1 aliphatic heterocycles. The van der Waals surface area contributed by atoms with Crippen LogP contribution < -0.4 is 5.32 Å². The average Bonchev–Trinajstić information content (AvgIpc) is 2.35. The molecule has 112 valence electrons. The number of nitrogens with zero attached hydrogens (tertiary/aromatic N) is 1. The van der Waals surface area contributed by atoms with Crippen LogP contribution in [0, 0.1) is 0 Å². The maximum absolute atomic E-state index is 12.1. The van der Waals surface area contributed by atoms with Gasteiger partial charge >= 0.3 is 0 Å². The molecule has 2 N–H and O–H groups in total. The van der Waals surface area contributed by atoms with Gasteiger partial charge in [-0.05, 0) is 32.6 Å². The Morgan fingerprint density at radius 2 is 2.16 bits per heavy atom. The van der Waals surface area contributed by atoms with Gasteiger partial charge < -0.3 is 10.4 Å². The third kappa shape index (κ3) is 5.08. The molecule has 1 heterocycles. The van der Waals surface area contributed by atoms with Gasteiger partial charge in [0, 0.05) is 19.2 Å². The summed E-state index contributed by atoms with van der Waals surface area (Å²) in [5.74, 6) is -0.226. The quantitative estimate of drug-likeness (QED) is 0.726. The van der Waals surface area contributed by atoms with E-state index in [4.69, 9.17) is 5.11 Å². The Morgan fingerprint density at radius 3 is 2.74 bits per heavy atom. The summed E-state index contributed by atoms with van der Waals surface area (Å²) >= 11 is 0. The lowest BCUT2D eigenvalue weighted by Crippen LogP contribution is -2.53. The van der Waals surface area contributed by atoms with E-state index in [1.165, 1.54) is 4.31 Å². The summed E-state index contributed by atoms with van der Waals surface area (Å²) in [5.41, 5.74) is 0. The fourth-order valence-corrected chi connectivity index (χ4v) is 3.50. The highest BCUT2D eigenvalue weighted by atomic mass is 32.2. The van der Waals surface area contributed by atoms with E-state index in [-0.39, 0.29) is 18.6 Å². The number of carbonyl (C=O) groups excluding carboxylic acids is 1. The van der Waals surface area contributed by atoms with Gasteiger partial charge in [-0.3, -0.25) is 4.79 Å². The van der Waals surface area contributed by atoms with Gasteiger partial charge in [0.25, 0.3) is 0 Å². The predicted octanol–water partition coefficient (Wildman–Crippen LogP) is 0.0777. The molecule has 2 unspecified atom stereocenters. The zero-order valence-corrected chi connectivity index (χ0v) is 12.4. The van der Waals surface area contributed by atoms with Gasteiger partial charge in [0.1, 0.15) is 6.04 Å². The second-order valence-corrected chi connectivity index (χ2v) is 7.10. The first-order chi connectivity index (χ1) is 8.86. The Labute approximate surface area is 115 Å². The average molecular weight is 292 g/mol. The van der Waals surface area contributed by atoms with Gasteiger partial charge in [-0.25, -0.2) is 8.42 Å². The van der Waals surface area contributed by atoms with Crippen molar-refractivity contribution in [2.45, 2.75) is 51.1 Å². The minimum atomic E-state index is -3.34. The first-order valence-corrected chi connectivity index (χ1v) is 8.59. The van der Waals surface area contributed by atoms with Crippen molar-refractivity contribution in [3.05, 3.63) is 0 Å².